The van der Waals surface area contributed by atoms with Crippen molar-refractivity contribution in [2.75, 3.05) is 38.7 Å². The number of halogens is 1. The maximum atomic E-state index is 12.3. The van der Waals surface area contributed by atoms with Crippen molar-refractivity contribution < 1.29 is 14.3 Å². The molecular formula is C16H25ClN2O3. The van der Waals surface area contributed by atoms with Crippen molar-refractivity contribution in [3.05, 3.63) is 24.3 Å². The van der Waals surface area contributed by atoms with E-state index in [1.807, 2.05) is 24.3 Å². The molecule has 0 saturated carbocycles. The molecule has 1 fully saturated rings. The average Bonchev–Trinajstić information content (AvgIpc) is 2.54. The van der Waals surface area contributed by atoms with Crippen LogP contribution >= 0.6 is 12.4 Å². The predicted molar refractivity (Wildman–Crippen MR) is 89.9 cm³/mol. The Morgan fingerprint density at radius 1 is 1.36 bits per heavy atom. The third-order valence-corrected chi connectivity index (χ3v) is 3.56. The molecule has 1 aromatic rings. The number of anilines is 1. The minimum absolute atomic E-state index is 0. The van der Waals surface area contributed by atoms with Gasteiger partial charge in [0.05, 0.1) is 18.2 Å². The molecule has 1 heterocycles. The van der Waals surface area contributed by atoms with E-state index in [-0.39, 0.29) is 24.2 Å². The zero-order chi connectivity index (χ0) is 14.9. The number of para-hydroxylation sites is 2. The van der Waals surface area contributed by atoms with Crippen molar-refractivity contribution in [3.63, 3.8) is 0 Å². The largest absolute Gasteiger partial charge is 0.491 e. The van der Waals surface area contributed by atoms with Crippen LogP contribution in [0.1, 0.15) is 19.3 Å². The molecule has 124 valence electrons. The minimum atomic E-state index is 0. The van der Waals surface area contributed by atoms with E-state index in [9.17, 15) is 4.79 Å². The molecule has 1 aliphatic rings. The Hall–Kier alpha value is -1.30. The number of benzene rings is 1. The van der Waals surface area contributed by atoms with Crippen LogP contribution in [-0.4, -0.2) is 39.3 Å². The second kappa shape index (κ2) is 10.4. The number of hydrogen-bond acceptors (Lipinski definition) is 4. The molecule has 1 atom stereocenters. The van der Waals surface area contributed by atoms with Gasteiger partial charge in [0.15, 0.2) is 0 Å². The van der Waals surface area contributed by atoms with Crippen LogP contribution in [0, 0.1) is 5.92 Å². The highest BCUT2D eigenvalue weighted by atomic mass is 35.5. The second-order valence-corrected chi connectivity index (χ2v) is 5.22. The fraction of sp³-hybridized carbons (Fsp3) is 0.562. The number of carbonyl (C=O) groups excluding carboxylic acids is 1. The summed E-state index contributed by atoms with van der Waals surface area (Å²) in [5.74, 6) is 0.821. The number of piperidine rings is 1. The van der Waals surface area contributed by atoms with E-state index in [2.05, 4.69) is 10.6 Å². The molecule has 0 aliphatic carbocycles. The predicted octanol–water partition coefficient (Wildman–Crippen LogP) is 2.46. The fourth-order valence-electron chi connectivity index (χ4n) is 2.39. The summed E-state index contributed by atoms with van der Waals surface area (Å²) in [4.78, 5) is 12.3. The van der Waals surface area contributed by atoms with Crippen LogP contribution in [0.25, 0.3) is 0 Å². The Morgan fingerprint density at radius 3 is 2.91 bits per heavy atom. The highest BCUT2D eigenvalue weighted by Gasteiger charge is 2.21. The quantitative estimate of drug-likeness (QED) is 0.755. The van der Waals surface area contributed by atoms with Gasteiger partial charge in [0.2, 0.25) is 5.91 Å². The molecule has 1 aromatic carbocycles. The number of carbonyl (C=O) groups is 1. The average molecular weight is 329 g/mol. The Kier molecular flexibility index (Phi) is 8.89. The number of hydrogen-bond donors (Lipinski definition) is 2. The molecule has 0 radical (unpaired) electrons. The first-order valence-corrected chi connectivity index (χ1v) is 7.53. The Balaban J connectivity index is 0.00000242. The summed E-state index contributed by atoms with van der Waals surface area (Å²) in [5, 5.41) is 6.24. The van der Waals surface area contributed by atoms with Gasteiger partial charge in [-0.25, -0.2) is 0 Å². The van der Waals surface area contributed by atoms with Gasteiger partial charge < -0.3 is 20.1 Å². The van der Waals surface area contributed by atoms with Crippen molar-refractivity contribution in [1.29, 1.82) is 0 Å². The number of methoxy groups -OCH3 is 1. The standard InChI is InChI=1S/C16H24N2O3.ClH/c1-20-10-5-11-21-15-8-3-2-7-14(15)18-16(19)13-6-4-9-17-12-13;/h2-3,7-8,13,17H,4-6,9-12H2,1H3,(H,18,19);1H. The van der Waals surface area contributed by atoms with Gasteiger partial charge in [0.1, 0.15) is 5.75 Å². The topological polar surface area (TPSA) is 59.6 Å². The van der Waals surface area contributed by atoms with E-state index in [1.165, 1.54) is 0 Å². The summed E-state index contributed by atoms with van der Waals surface area (Å²) in [6.45, 7) is 3.00. The van der Waals surface area contributed by atoms with Gasteiger partial charge in [-0.2, -0.15) is 0 Å². The van der Waals surface area contributed by atoms with Gasteiger partial charge in [-0.15, -0.1) is 12.4 Å². The van der Waals surface area contributed by atoms with E-state index >= 15 is 0 Å². The van der Waals surface area contributed by atoms with Gasteiger partial charge in [0.25, 0.3) is 0 Å². The van der Waals surface area contributed by atoms with Crippen LogP contribution in [0.2, 0.25) is 0 Å². The minimum Gasteiger partial charge on any atom is -0.491 e. The number of rotatable bonds is 7. The molecular weight excluding hydrogens is 304 g/mol. The van der Waals surface area contributed by atoms with Gasteiger partial charge >= 0.3 is 0 Å². The molecule has 5 nitrogen and oxygen atoms in total. The maximum absolute atomic E-state index is 12.3. The van der Waals surface area contributed by atoms with Gasteiger partial charge in [-0.1, -0.05) is 12.1 Å². The lowest BCUT2D eigenvalue weighted by Crippen LogP contribution is -2.37. The molecule has 6 heteroatoms. The van der Waals surface area contributed by atoms with E-state index in [4.69, 9.17) is 9.47 Å². The van der Waals surface area contributed by atoms with Crippen molar-refractivity contribution in [3.8, 4) is 5.75 Å². The molecule has 1 unspecified atom stereocenters. The fourth-order valence-corrected chi connectivity index (χ4v) is 2.39. The van der Waals surface area contributed by atoms with Crippen LogP contribution in [-0.2, 0) is 9.53 Å². The monoisotopic (exact) mass is 328 g/mol. The highest BCUT2D eigenvalue weighted by molar-refractivity contribution is 5.94. The van der Waals surface area contributed by atoms with E-state index in [0.29, 0.717) is 19.0 Å². The van der Waals surface area contributed by atoms with E-state index in [0.717, 1.165) is 38.0 Å². The molecule has 0 spiro atoms. The van der Waals surface area contributed by atoms with E-state index in [1.54, 1.807) is 7.11 Å². The lowest BCUT2D eigenvalue weighted by molar-refractivity contribution is -0.120. The van der Waals surface area contributed by atoms with Crippen molar-refractivity contribution >= 4 is 24.0 Å². The number of ether oxygens (including phenoxy) is 2. The van der Waals surface area contributed by atoms with Gasteiger partial charge in [-0.3, -0.25) is 4.79 Å². The van der Waals surface area contributed by atoms with Crippen molar-refractivity contribution in [1.82, 2.24) is 5.32 Å². The Morgan fingerprint density at radius 2 is 2.18 bits per heavy atom. The summed E-state index contributed by atoms with van der Waals surface area (Å²) < 4.78 is 10.7. The molecule has 2 rings (SSSR count). The smallest absolute Gasteiger partial charge is 0.228 e. The highest BCUT2D eigenvalue weighted by Crippen LogP contribution is 2.25. The number of nitrogens with one attached hydrogen (secondary N) is 2. The third kappa shape index (κ3) is 5.83. The molecule has 1 amide bonds. The first kappa shape index (κ1) is 18.7. The lowest BCUT2D eigenvalue weighted by Gasteiger charge is -2.22. The van der Waals surface area contributed by atoms with Crippen molar-refractivity contribution in [2.45, 2.75) is 19.3 Å². The Bertz CT molecular complexity index is 451. The normalized spacial score (nSPS) is 17.4. The third-order valence-electron chi connectivity index (χ3n) is 3.56. The summed E-state index contributed by atoms with van der Waals surface area (Å²) in [6.07, 6.45) is 2.81. The first-order valence-electron chi connectivity index (χ1n) is 7.53. The molecule has 22 heavy (non-hydrogen) atoms. The van der Waals surface area contributed by atoms with Crippen molar-refractivity contribution in [2.24, 2.45) is 5.92 Å². The van der Waals surface area contributed by atoms with Crippen LogP contribution in [0.4, 0.5) is 5.69 Å². The zero-order valence-corrected chi connectivity index (χ0v) is 13.8. The van der Waals surface area contributed by atoms with Crippen LogP contribution in [0.3, 0.4) is 0 Å². The van der Waals surface area contributed by atoms with Crippen LogP contribution in [0.15, 0.2) is 24.3 Å². The van der Waals surface area contributed by atoms with Gasteiger partial charge in [0, 0.05) is 26.7 Å². The summed E-state index contributed by atoms with van der Waals surface area (Å²) >= 11 is 0. The SMILES string of the molecule is COCCCOc1ccccc1NC(=O)C1CCCNC1.Cl. The first-order chi connectivity index (χ1) is 10.3. The summed E-state index contributed by atoms with van der Waals surface area (Å²) in [5.41, 5.74) is 0.741. The molecule has 0 bridgehead atoms. The Labute approximate surface area is 138 Å². The second-order valence-electron chi connectivity index (χ2n) is 5.22. The summed E-state index contributed by atoms with van der Waals surface area (Å²) in [7, 11) is 1.67. The van der Waals surface area contributed by atoms with E-state index < -0.39 is 0 Å². The lowest BCUT2D eigenvalue weighted by atomic mass is 9.99. The maximum Gasteiger partial charge on any atom is 0.228 e. The zero-order valence-electron chi connectivity index (χ0n) is 13.0. The molecule has 2 N–H and O–H groups in total. The van der Waals surface area contributed by atoms with Crippen LogP contribution in [0.5, 0.6) is 5.75 Å². The van der Waals surface area contributed by atoms with Crippen LogP contribution < -0.4 is 15.4 Å². The number of amides is 1. The van der Waals surface area contributed by atoms with Gasteiger partial charge in [-0.05, 0) is 31.5 Å². The molecule has 1 saturated heterocycles. The molecule has 1 aliphatic heterocycles. The molecule has 0 aromatic heterocycles. The summed E-state index contributed by atoms with van der Waals surface area (Å²) in [6, 6.07) is 7.56.